The van der Waals surface area contributed by atoms with Crippen LogP contribution < -0.4 is 19.5 Å². The molecule has 0 saturated heterocycles. The van der Waals surface area contributed by atoms with Crippen LogP contribution in [0, 0.1) is 13.8 Å². The van der Waals surface area contributed by atoms with Crippen LogP contribution in [0.15, 0.2) is 71.6 Å². The molecule has 162 valence electrons. The molecule has 7 nitrogen and oxygen atoms in total. The summed E-state index contributed by atoms with van der Waals surface area (Å²) in [6.45, 7) is 3.66. The predicted octanol–water partition coefficient (Wildman–Crippen LogP) is 4.13. The van der Waals surface area contributed by atoms with Crippen molar-refractivity contribution in [2.24, 2.45) is 0 Å². The first-order chi connectivity index (χ1) is 14.8. The summed E-state index contributed by atoms with van der Waals surface area (Å²) in [6, 6.07) is 18.2. The number of nitrogens with one attached hydrogen (secondary N) is 2. The smallest absolute Gasteiger partial charge is 0.262 e. The fourth-order valence-corrected chi connectivity index (χ4v) is 3.83. The minimum absolute atomic E-state index is 0.0962. The molecule has 8 heteroatoms. The third kappa shape index (κ3) is 5.99. The standard InChI is InChI=1S/C23H24N2O5S/c1-16-7-8-19(13-17(16)2)25-31(27,28)22-11-9-20(10-12-22)30-15-23(26)24-18-5-4-6-21(14-18)29-3/h4-14,25H,15H2,1-3H3,(H,24,26). The normalized spacial score (nSPS) is 10.9. The molecule has 3 aromatic carbocycles. The van der Waals surface area contributed by atoms with Gasteiger partial charge in [0.1, 0.15) is 11.5 Å². The Balaban J connectivity index is 1.58. The van der Waals surface area contributed by atoms with Gasteiger partial charge in [0.05, 0.1) is 12.0 Å². The van der Waals surface area contributed by atoms with Crippen molar-refractivity contribution in [2.75, 3.05) is 23.8 Å². The second kappa shape index (κ2) is 9.53. The van der Waals surface area contributed by atoms with Gasteiger partial charge < -0.3 is 14.8 Å². The van der Waals surface area contributed by atoms with E-state index < -0.39 is 10.0 Å². The first-order valence-corrected chi connectivity index (χ1v) is 11.0. The molecule has 0 heterocycles. The second-order valence-corrected chi connectivity index (χ2v) is 8.63. The van der Waals surface area contributed by atoms with Gasteiger partial charge in [0.25, 0.3) is 15.9 Å². The van der Waals surface area contributed by atoms with Gasteiger partial charge in [0, 0.05) is 17.4 Å². The minimum atomic E-state index is -3.74. The summed E-state index contributed by atoms with van der Waals surface area (Å²) in [6.07, 6.45) is 0. The van der Waals surface area contributed by atoms with E-state index in [1.54, 1.807) is 43.5 Å². The number of rotatable bonds is 8. The number of carbonyl (C=O) groups is 1. The van der Waals surface area contributed by atoms with E-state index in [-0.39, 0.29) is 17.4 Å². The number of benzene rings is 3. The number of hydrogen-bond donors (Lipinski definition) is 2. The van der Waals surface area contributed by atoms with Crippen LogP contribution >= 0.6 is 0 Å². The maximum Gasteiger partial charge on any atom is 0.262 e. The van der Waals surface area contributed by atoms with Crippen LogP contribution in [0.4, 0.5) is 11.4 Å². The fourth-order valence-electron chi connectivity index (χ4n) is 2.78. The van der Waals surface area contributed by atoms with E-state index in [1.165, 1.54) is 24.3 Å². The third-order valence-electron chi connectivity index (χ3n) is 4.62. The van der Waals surface area contributed by atoms with Crippen LogP contribution in [-0.4, -0.2) is 28.0 Å². The molecule has 3 aromatic rings. The van der Waals surface area contributed by atoms with Gasteiger partial charge in [-0.3, -0.25) is 9.52 Å². The molecule has 0 atom stereocenters. The lowest BCUT2D eigenvalue weighted by molar-refractivity contribution is -0.118. The zero-order valence-corrected chi connectivity index (χ0v) is 18.3. The van der Waals surface area contributed by atoms with Crippen molar-refractivity contribution in [1.82, 2.24) is 0 Å². The molecule has 0 saturated carbocycles. The molecule has 2 N–H and O–H groups in total. The maximum absolute atomic E-state index is 12.6. The molecule has 0 spiro atoms. The number of amides is 1. The van der Waals surface area contributed by atoms with Crippen molar-refractivity contribution >= 4 is 27.3 Å². The number of hydrogen-bond acceptors (Lipinski definition) is 5. The van der Waals surface area contributed by atoms with Gasteiger partial charge in [-0.25, -0.2) is 8.42 Å². The molecule has 0 aliphatic carbocycles. The van der Waals surface area contributed by atoms with E-state index in [9.17, 15) is 13.2 Å². The van der Waals surface area contributed by atoms with Gasteiger partial charge in [0.15, 0.2) is 6.61 Å². The van der Waals surface area contributed by atoms with Gasteiger partial charge in [-0.05, 0) is 73.5 Å². The van der Waals surface area contributed by atoms with Crippen molar-refractivity contribution in [2.45, 2.75) is 18.7 Å². The lowest BCUT2D eigenvalue weighted by Gasteiger charge is -2.11. The molecule has 0 unspecified atom stereocenters. The summed E-state index contributed by atoms with van der Waals surface area (Å²) in [5.74, 6) is 0.664. The molecule has 0 fully saturated rings. The number of ether oxygens (including phenoxy) is 2. The highest BCUT2D eigenvalue weighted by molar-refractivity contribution is 7.92. The Bertz CT molecular complexity index is 1170. The Morgan fingerprint density at radius 1 is 0.871 bits per heavy atom. The Labute approximate surface area is 182 Å². The molecule has 31 heavy (non-hydrogen) atoms. The summed E-state index contributed by atoms with van der Waals surface area (Å²) >= 11 is 0. The van der Waals surface area contributed by atoms with Gasteiger partial charge in [0.2, 0.25) is 0 Å². The topological polar surface area (TPSA) is 93.7 Å². The van der Waals surface area contributed by atoms with Gasteiger partial charge >= 0.3 is 0 Å². The molecule has 0 bridgehead atoms. The quantitative estimate of drug-likeness (QED) is 0.549. The summed E-state index contributed by atoms with van der Waals surface area (Å²) < 4.78 is 38.3. The van der Waals surface area contributed by atoms with E-state index in [0.717, 1.165) is 11.1 Å². The molecule has 0 aromatic heterocycles. The molecule has 0 aliphatic rings. The predicted molar refractivity (Wildman–Crippen MR) is 120 cm³/mol. The van der Waals surface area contributed by atoms with E-state index in [2.05, 4.69) is 10.0 Å². The Kier molecular flexibility index (Phi) is 6.81. The highest BCUT2D eigenvalue weighted by Crippen LogP contribution is 2.21. The number of sulfonamides is 1. The SMILES string of the molecule is COc1cccc(NC(=O)COc2ccc(S(=O)(=O)Nc3ccc(C)c(C)c3)cc2)c1. The van der Waals surface area contributed by atoms with Crippen LogP contribution in [0.2, 0.25) is 0 Å². The van der Waals surface area contributed by atoms with E-state index >= 15 is 0 Å². The summed E-state index contributed by atoms with van der Waals surface area (Å²) in [7, 11) is -2.19. The van der Waals surface area contributed by atoms with Crippen LogP contribution in [0.25, 0.3) is 0 Å². The van der Waals surface area contributed by atoms with E-state index in [0.29, 0.717) is 22.9 Å². The average Bonchev–Trinajstić information content (AvgIpc) is 2.75. The van der Waals surface area contributed by atoms with Crippen LogP contribution in [0.5, 0.6) is 11.5 Å². The number of methoxy groups -OCH3 is 1. The second-order valence-electron chi connectivity index (χ2n) is 6.94. The zero-order valence-electron chi connectivity index (χ0n) is 17.5. The van der Waals surface area contributed by atoms with Crippen molar-refractivity contribution in [3.8, 4) is 11.5 Å². The summed E-state index contributed by atoms with van der Waals surface area (Å²) in [4.78, 5) is 12.2. The molecule has 0 radical (unpaired) electrons. The molecular weight excluding hydrogens is 416 g/mol. The van der Waals surface area contributed by atoms with Crippen molar-refractivity contribution in [3.63, 3.8) is 0 Å². The molecule has 3 rings (SSSR count). The third-order valence-corrected chi connectivity index (χ3v) is 6.01. The van der Waals surface area contributed by atoms with Gasteiger partial charge in [-0.2, -0.15) is 0 Å². The first kappa shape index (κ1) is 22.2. The number of aryl methyl sites for hydroxylation is 2. The Morgan fingerprint density at radius 3 is 2.29 bits per heavy atom. The summed E-state index contributed by atoms with van der Waals surface area (Å²) in [5, 5.41) is 2.71. The first-order valence-electron chi connectivity index (χ1n) is 9.54. The Morgan fingerprint density at radius 2 is 1.61 bits per heavy atom. The van der Waals surface area contributed by atoms with Crippen LogP contribution in [0.3, 0.4) is 0 Å². The highest BCUT2D eigenvalue weighted by atomic mass is 32.2. The monoisotopic (exact) mass is 440 g/mol. The number of anilines is 2. The van der Waals surface area contributed by atoms with Crippen molar-refractivity contribution in [3.05, 3.63) is 77.9 Å². The van der Waals surface area contributed by atoms with Crippen LogP contribution in [-0.2, 0) is 14.8 Å². The molecule has 0 aliphatic heterocycles. The van der Waals surface area contributed by atoms with Gasteiger partial charge in [-0.15, -0.1) is 0 Å². The fraction of sp³-hybridized carbons (Fsp3) is 0.174. The Hall–Kier alpha value is -3.52. The maximum atomic E-state index is 12.6. The molecule has 1 amide bonds. The lowest BCUT2D eigenvalue weighted by Crippen LogP contribution is -2.20. The van der Waals surface area contributed by atoms with Crippen molar-refractivity contribution in [1.29, 1.82) is 0 Å². The largest absolute Gasteiger partial charge is 0.497 e. The zero-order chi connectivity index (χ0) is 22.4. The minimum Gasteiger partial charge on any atom is -0.497 e. The van der Waals surface area contributed by atoms with Gasteiger partial charge in [-0.1, -0.05) is 12.1 Å². The van der Waals surface area contributed by atoms with Crippen molar-refractivity contribution < 1.29 is 22.7 Å². The van der Waals surface area contributed by atoms with E-state index in [1.807, 2.05) is 19.9 Å². The lowest BCUT2D eigenvalue weighted by atomic mass is 10.1. The summed E-state index contributed by atoms with van der Waals surface area (Å²) in [5.41, 5.74) is 3.17. The number of carbonyl (C=O) groups excluding carboxylic acids is 1. The van der Waals surface area contributed by atoms with Crippen LogP contribution in [0.1, 0.15) is 11.1 Å². The van der Waals surface area contributed by atoms with E-state index in [4.69, 9.17) is 9.47 Å². The molecular formula is C23H24N2O5S. The highest BCUT2D eigenvalue weighted by Gasteiger charge is 2.15. The average molecular weight is 441 g/mol.